The standard InChI is InChI=1S/C22H36N4O/c1-5-6-7-8-9-14-25(3)22(23-2)24-17-19-13-15-26(18-19)20-11-10-12-21(16-20)27-4/h5,10-12,16,19H,1,6-9,13-15,17-18H2,2-4H3,(H,23,24). The van der Waals surface area contributed by atoms with Crippen LogP contribution in [0.1, 0.15) is 32.1 Å². The smallest absolute Gasteiger partial charge is 0.193 e. The third-order valence-electron chi connectivity index (χ3n) is 5.23. The van der Waals surface area contributed by atoms with Gasteiger partial charge in [-0.25, -0.2) is 0 Å². The average Bonchev–Trinajstić information content (AvgIpc) is 3.17. The first-order valence-electron chi connectivity index (χ1n) is 10.1. The van der Waals surface area contributed by atoms with Gasteiger partial charge in [0.1, 0.15) is 5.75 Å². The molecule has 27 heavy (non-hydrogen) atoms. The van der Waals surface area contributed by atoms with Gasteiger partial charge in [-0.2, -0.15) is 0 Å². The molecule has 0 aromatic heterocycles. The van der Waals surface area contributed by atoms with Crippen molar-refractivity contribution in [1.82, 2.24) is 10.2 Å². The molecule has 1 aliphatic heterocycles. The summed E-state index contributed by atoms with van der Waals surface area (Å²) in [6.07, 6.45) is 7.98. The van der Waals surface area contributed by atoms with Gasteiger partial charge in [-0.1, -0.05) is 18.6 Å². The highest BCUT2D eigenvalue weighted by Crippen LogP contribution is 2.26. The van der Waals surface area contributed by atoms with Crippen molar-refractivity contribution in [2.75, 3.05) is 52.3 Å². The maximum atomic E-state index is 5.35. The Morgan fingerprint density at radius 2 is 2.26 bits per heavy atom. The van der Waals surface area contributed by atoms with E-state index < -0.39 is 0 Å². The first-order chi connectivity index (χ1) is 13.2. The number of nitrogens with one attached hydrogen (secondary N) is 1. The van der Waals surface area contributed by atoms with E-state index in [0.29, 0.717) is 5.92 Å². The van der Waals surface area contributed by atoms with Crippen LogP contribution in [-0.2, 0) is 0 Å². The van der Waals surface area contributed by atoms with Gasteiger partial charge in [0.2, 0.25) is 0 Å². The number of ether oxygens (including phenoxy) is 1. The van der Waals surface area contributed by atoms with Gasteiger partial charge in [0.05, 0.1) is 7.11 Å². The van der Waals surface area contributed by atoms with Crippen molar-refractivity contribution in [3.63, 3.8) is 0 Å². The fourth-order valence-corrected chi connectivity index (χ4v) is 3.58. The van der Waals surface area contributed by atoms with Crippen molar-refractivity contribution in [1.29, 1.82) is 0 Å². The lowest BCUT2D eigenvalue weighted by molar-refractivity contribution is 0.415. The molecule has 1 aliphatic rings. The molecule has 1 heterocycles. The van der Waals surface area contributed by atoms with E-state index in [2.05, 4.69) is 51.9 Å². The van der Waals surface area contributed by atoms with E-state index in [1.165, 1.54) is 31.4 Å². The molecule has 5 heteroatoms. The van der Waals surface area contributed by atoms with Crippen molar-refractivity contribution in [3.05, 3.63) is 36.9 Å². The topological polar surface area (TPSA) is 40.1 Å². The quantitative estimate of drug-likeness (QED) is 0.294. The largest absolute Gasteiger partial charge is 0.497 e. The third kappa shape index (κ3) is 6.81. The number of anilines is 1. The summed E-state index contributed by atoms with van der Waals surface area (Å²) in [4.78, 5) is 9.13. The van der Waals surface area contributed by atoms with Gasteiger partial charge in [-0.05, 0) is 43.7 Å². The van der Waals surface area contributed by atoms with Gasteiger partial charge in [-0.15, -0.1) is 6.58 Å². The number of rotatable bonds is 10. The molecule has 0 aliphatic carbocycles. The Bertz CT molecular complexity index is 602. The first kappa shape index (κ1) is 21.1. The number of nitrogens with zero attached hydrogens (tertiary/aromatic N) is 3. The van der Waals surface area contributed by atoms with Gasteiger partial charge in [0.15, 0.2) is 5.96 Å². The maximum absolute atomic E-state index is 5.35. The van der Waals surface area contributed by atoms with Crippen molar-refractivity contribution in [3.8, 4) is 5.75 Å². The van der Waals surface area contributed by atoms with Crippen LogP contribution in [0.5, 0.6) is 5.75 Å². The van der Waals surface area contributed by atoms with Crippen LogP contribution in [0, 0.1) is 5.92 Å². The zero-order valence-corrected chi connectivity index (χ0v) is 17.3. The van der Waals surface area contributed by atoms with Crippen LogP contribution in [0.25, 0.3) is 0 Å². The highest BCUT2D eigenvalue weighted by atomic mass is 16.5. The molecular weight excluding hydrogens is 336 g/mol. The molecule has 1 unspecified atom stereocenters. The Morgan fingerprint density at radius 3 is 3.00 bits per heavy atom. The highest BCUT2D eigenvalue weighted by Gasteiger charge is 2.23. The molecular formula is C22H36N4O. The van der Waals surface area contributed by atoms with Gasteiger partial charge in [-0.3, -0.25) is 4.99 Å². The van der Waals surface area contributed by atoms with E-state index in [1.807, 2.05) is 19.2 Å². The fourth-order valence-electron chi connectivity index (χ4n) is 3.58. The summed E-state index contributed by atoms with van der Waals surface area (Å²) in [5.41, 5.74) is 1.25. The van der Waals surface area contributed by atoms with Crippen molar-refractivity contribution in [2.24, 2.45) is 10.9 Å². The SMILES string of the molecule is C=CCCCCCN(C)C(=NC)NCC1CCN(c2cccc(OC)c2)C1. The Labute approximate surface area is 165 Å². The van der Waals surface area contributed by atoms with Crippen LogP contribution in [0.2, 0.25) is 0 Å². The number of benzene rings is 1. The van der Waals surface area contributed by atoms with Crippen LogP contribution in [-0.4, -0.2) is 58.2 Å². The Balaban J connectivity index is 1.74. The van der Waals surface area contributed by atoms with E-state index in [4.69, 9.17) is 4.74 Å². The molecule has 1 aromatic carbocycles. The van der Waals surface area contributed by atoms with Gasteiger partial charge in [0, 0.05) is 52.0 Å². The molecule has 1 fully saturated rings. The van der Waals surface area contributed by atoms with Crippen LogP contribution in [0.4, 0.5) is 5.69 Å². The summed E-state index contributed by atoms with van der Waals surface area (Å²) in [6.45, 7) is 7.95. The van der Waals surface area contributed by atoms with Crippen molar-refractivity contribution < 1.29 is 4.74 Å². The molecule has 0 bridgehead atoms. The van der Waals surface area contributed by atoms with Gasteiger partial charge >= 0.3 is 0 Å². The number of guanidine groups is 1. The molecule has 0 amide bonds. The minimum absolute atomic E-state index is 0.633. The zero-order valence-electron chi connectivity index (χ0n) is 17.3. The molecule has 1 saturated heterocycles. The molecule has 0 spiro atoms. The maximum Gasteiger partial charge on any atom is 0.193 e. The predicted molar refractivity (Wildman–Crippen MR) is 116 cm³/mol. The normalized spacial score (nSPS) is 17.1. The minimum Gasteiger partial charge on any atom is -0.497 e. The second-order valence-electron chi connectivity index (χ2n) is 7.29. The highest BCUT2D eigenvalue weighted by molar-refractivity contribution is 5.79. The van der Waals surface area contributed by atoms with Crippen molar-refractivity contribution >= 4 is 11.6 Å². The third-order valence-corrected chi connectivity index (χ3v) is 5.23. The summed E-state index contributed by atoms with van der Waals surface area (Å²) in [5, 5.41) is 3.57. The Kier molecular flexibility index (Phi) is 9.02. The second kappa shape index (κ2) is 11.5. The van der Waals surface area contributed by atoms with Gasteiger partial charge in [0.25, 0.3) is 0 Å². The molecule has 5 nitrogen and oxygen atoms in total. The van der Waals surface area contributed by atoms with Crippen LogP contribution < -0.4 is 15.0 Å². The minimum atomic E-state index is 0.633. The summed E-state index contributed by atoms with van der Waals surface area (Å²) in [6, 6.07) is 8.34. The number of allylic oxidation sites excluding steroid dienone is 1. The fraction of sp³-hybridized carbons (Fsp3) is 0.591. The lowest BCUT2D eigenvalue weighted by Gasteiger charge is -2.24. The van der Waals surface area contributed by atoms with Crippen LogP contribution in [0.15, 0.2) is 41.9 Å². The summed E-state index contributed by atoms with van der Waals surface area (Å²) in [7, 11) is 5.71. The number of unbranched alkanes of at least 4 members (excludes halogenated alkanes) is 3. The number of methoxy groups -OCH3 is 1. The van der Waals surface area contributed by atoms with E-state index in [0.717, 1.165) is 44.3 Å². The summed E-state index contributed by atoms with van der Waals surface area (Å²) >= 11 is 0. The summed E-state index contributed by atoms with van der Waals surface area (Å²) in [5.74, 6) is 2.55. The van der Waals surface area contributed by atoms with Crippen LogP contribution >= 0.6 is 0 Å². The monoisotopic (exact) mass is 372 g/mol. The number of hydrogen-bond donors (Lipinski definition) is 1. The molecule has 150 valence electrons. The Morgan fingerprint density at radius 1 is 1.41 bits per heavy atom. The zero-order chi connectivity index (χ0) is 19.5. The van der Waals surface area contributed by atoms with Crippen LogP contribution in [0.3, 0.4) is 0 Å². The lowest BCUT2D eigenvalue weighted by Crippen LogP contribution is -2.41. The molecule has 2 rings (SSSR count). The van der Waals surface area contributed by atoms with E-state index in [1.54, 1.807) is 7.11 Å². The van der Waals surface area contributed by atoms with Gasteiger partial charge < -0.3 is 19.9 Å². The van der Waals surface area contributed by atoms with E-state index >= 15 is 0 Å². The summed E-state index contributed by atoms with van der Waals surface area (Å²) < 4.78 is 5.35. The first-order valence-corrected chi connectivity index (χ1v) is 10.1. The second-order valence-corrected chi connectivity index (χ2v) is 7.29. The molecule has 1 N–H and O–H groups in total. The number of aliphatic imine (C=N–C) groups is 1. The predicted octanol–water partition coefficient (Wildman–Crippen LogP) is 3.78. The molecule has 1 aromatic rings. The average molecular weight is 373 g/mol. The number of hydrogen-bond acceptors (Lipinski definition) is 3. The molecule has 0 radical (unpaired) electrons. The Hall–Kier alpha value is -2.17. The molecule has 1 atom stereocenters. The van der Waals surface area contributed by atoms with Crippen molar-refractivity contribution in [2.45, 2.75) is 32.1 Å². The lowest BCUT2D eigenvalue weighted by atomic mass is 10.1. The van der Waals surface area contributed by atoms with E-state index in [9.17, 15) is 0 Å². The molecule has 0 saturated carbocycles. The van der Waals surface area contributed by atoms with E-state index in [-0.39, 0.29) is 0 Å².